The van der Waals surface area contributed by atoms with E-state index in [1.807, 2.05) is 0 Å². The summed E-state index contributed by atoms with van der Waals surface area (Å²) in [6.07, 6.45) is 5.32. The maximum absolute atomic E-state index is 13.4. The molecule has 1 atom stereocenters. The molecule has 1 aliphatic carbocycles. The Morgan fingerprint density at radius 2 is 2.00 bits per heavy atom. The number of hydrogen-bond acceptors (Lipinski definition) is 6. The monoisotopic (exact) mass is 436 g/mol. The van der Waals surface area contributed by atoms with Gasteiger partial charge in [0.1, 0.15) is 6.04 Å². The van der Waals surface area contributed by atoms with Crippen molar-refractivity contribution in [3.05, 3.63) is 45.9 Å². The first-order valence-corrected chi connectivity index (χ1v) is 10.9. The van der Waals surface area contributed by atoms with Crippen LogP contribution in [-0.2, 0) is 9.53 Å². The van der Waals surface area contributed by atoms with Gasteiger partial charge in [0.2, 0.25) is 5.91 Å². The number of halogens is 1. The first kappa shape index (κ1) is 21.7. The molecule has 29 heavy (non-hydrogen) atoms. The first-order valence-electron chi connectivity index (χ1n) is 9.73. The number of ether oxygens (including phenoxy) is 1. The molecule has 0 spiro atoms. The van der Waals surface area contributed by atoms with Gasteiger partial charge in [0.05, 0.1) is 6.61 Å². The number of rotatable bonds is 8. The fourth-order valence-corrected chi connectivity index (χ4v) is 4.14. The van der Waals surface area contributed by atoms with Crippen LogP contribution in [0.4, 0.5) is 0 Å². The summed E-state index contributed by atoms with van der Waals surface area (Å²) in [5, 5.41) is 9.19. The van der Waals surface area contributed by atoms with E-state index in [1.54, 1.807) is 36.8 Å². The number of carbonyl (C=O) groups is 2. The molecule has 1 N–H and O–H groups in total. The molecule has 0 aliphatic heterocycles. The van der Waals surface area contributed by atoms with Crippen LogP contribution in [0.25, 0.3) is 0 Å². The third kappa shape index (κ3) is 5.74. The van der Waals surface area contributed by atoms with Crippen molar-refractivity contribution in [2.75, 3.05) is 20.3 Å². The summed E-state index contributed by atoms with van der Waals surface area (Å²) in [7, 11) is 1.56. The van der Waals surface area contributed by atoms with Crippen LogP contribution in [0.2, 0.25) is 5.02 Å². The predicted octanol–water partition coefficient (Wildman–Crippen LogP) is 3.47. The molecule has 1 aromatic heterocycles. The summed E-state index contributed by atoms with van der Waals surface area (Å²) in [5.74, 6) is -0.554. The van der Waals surface area contributed by atoms with E-state index in [0.717, 1.165) is 37.2 Å². The lowest BCUT2D eigenvalue weighted by atomic mass is 9.94. The Morgan fingerprint density at radius 1 is 1.28 bits per heavy atom. The van der Waals surface area contributed by atoms with Crippen molar-refractivity contribution in [2.45, 2.75) is 44.2 Å². The number of methoxy groups -OCH3 is 1. The van der Waals surface area contributed by atoms with Crippen molar-refractivity contribution in [3.8, 4) is 0 Å². The van der Waals surface area contributed by atoms with Crippen LogP contribution in [0.5, 0.6) is 0 Å². The minimum atomic E-state index is -0.807. The lowest BCUT2D eigenvalue weighted by Gasteiger charge is -2.33. The van der Waals surface area contributed by atoms with E-state index in [1.165, 1.54) is 11.3 Å². The normalized spacial score (nSPS) is 15.7. The van der Waals surface area contributed by atoms with E-state index in [0.29, 0.717) is 17.2 Å². The second-order valence-electron chi connectivity index (χ2n) is 7.08. The fourth-order valence-electron chi connectivity index (χ4n) is 3.59. The average Bonchev–Trinajstić information content (AvgIpc) is 3.27. The van der Waals surface area contributed by atoms with Gasteiger partial charge in [0.25, 0.3) is 5.91 Å². The number of amides is 2. The minimum absolute atomic E-state index is 0.131. The number of carbonyl (C=O) groups excluding carboxylic acids is 2. The van der Waals surface area contributed by atoms with Crippen LogP contribution in [0.15, 0.2) is 29.6 Å². The van der Waals surface area contributed by atoms with Crippen molar-refractivity contribution in [3.63, 3.8) is 0 Å². The Kier molecular flexibility index (Phi) is 7.97. The Morgan fingerprint density at radius 3 is 2.62 bits per heavy atom. The summed E-state index contributed by atoms with van der Waals surface area (Å²) >= 11 is 7.14. The summed E-state index contributed by atoms with van der Waals surface area (Å²) < 4.78 is 8.98. The van der Waals surface area contributed by atoms with Gasteiger partial charge in [-0.3, -0.25) is 9.59 Å². The lowest BCUT2D eigenvalue weighted by molar-refractivity contribution is -0.127. The molecule has 1 fully saturated rings. The maximum atomic E-state index is 13.4. The van der Waals surface area contributed by atoms with E-state index < -0.39 is 6.04 Å². The van der Waals surface area contributed by atoms with Gasteiger partial charge in [-0.05, 0) is 42.1 Å². The number of aromatic nitrogens is 2. The molecule has 3 rings (SSSR count). The highest BCUT2D eigenvalue weighted by molar-refractivity contribution is 7.03. The molecule has 1 aliphatic rings. The summed E-state index contributed by atoms with van der Waals surface area (Å²) in [6.45, 7) is 0.544. The molecule has 2 amide bonds. The standard InChI is InChI=1S/C20H25ClN4O3S/c1-28-12-11-25(20(27)17-13-29-24-23-17)18(14-7-9-15(21)10-8-14)19(26)22-16-5-3-2-4-6-16/h7-10,13,16,18H,2-6,11-12H2,1H3,(H,22,26)/t18-/m0/s1. The SMILES string of the molecule is COCCN(C(=O)c1csnn1)[C@H](C(=O)NC1CCCCC1)c1ccc(Cl)cc1. The molecule has 0 bridgehead atoms. The minimum Gasteiger partial charge on any atom is -0.383 e. The van der Waals surface area contributed by atoms with Crippen LogP contribution < -0.4 is 5.32 Å². The molecule has 0 saturated heterocycles. The van der Waals surface area contributed by atoms with Crippen LogP contribution in [0, 0.1) is 0 Å². The van der Waals surface area contributed by atoms with Gasteiger partial charge in [0, 0.05) is 30.1 Å². The molecular formula is C20H25ClN4O3S. The fraction of sp³-hybridized carbons (Fsp3) is 0.500. The van der Waals surface area contributed by atoms with Crippen molar-refractivity contribution < 1.29 is 14.3 Å². The molecule has 7 nitrogen and oxygen atoms in total. The second-order valence-corrected chi connectivity index (χ2v) is 8.13. The molecule has 0 unspecified atom stereocenters. The second kappa shape index (κ2) is 10.7. The van der Waals surface area contributed by atoms with Gasteiger partial charge in [-0.2, -0.15) is 0 Å². The van der Waals surface area contributed by atoms with E-state index >= 15 is 0 Å². The van der Waals surface area contributed by atoms with Gasteiger partial charge < -0.3 is 15.0 Å². The van der Waals surface area contributed by atoms with E-state index in [-0.39, 0.29) is 30.1 Å². The zero-order valence-corrected chi connectivity index (χ0v) is 17.9. The van der Waals surface area contributed by atoms with Crippen LogP contribution >= 0.6 is 23.1 Å². The van der Waals surface area contributed by atoms with Crippen molar-refractivity contribution in [2.24, 2.45) is 0 Å². The van der Waals surface area contributed by atoms with Crippen LogP contribution in [-0.4, -0.2) is 52.6 Å². The highest BCUT2D eigenvalue weighted by Gasteiger charge is 2.34. The maximum Gasteiger partial charge on any atom is 0.276 e. The molecule has 1 heterocycles. The van der Waals surface area contributed by atoms with Crippen LogP contribution in [0.3, 0.4) is 0 Å². The molecule has 156 valence electrons. The molecule has 2 aromatic rings. The smallest absolute Gasteiger partial charge is 0.276 e. The van der Waals surface area contributed by atoms with E-state index in [4.69, 9.17) is 16.3 Å². The molecule has 0 radical (unpaired) electrons. The lowest BCUT2D eigenvalue weighted by Crippen LogP contribution is -2.48. The Bertz CT molecular complexity index is 795. The van der Waals surface area contributed by atoms with Gasteiger partial charge in [-0.15, -0.1) is 5.10 Å². The molecular weight excluding hydrogens is 412 g/mol. The number of nitrogens with zero attached hydrogens (tertiary/aromatic N) is 3. The Labute approximate surface area is 179 Å². The van der Waals surface area contributed by atoms with Crippen LogP contribution in [0.1, 0.15) is 54.2 Å². The number of nitrogens with one attached hydrogen (secondary N) is 1. The third-order valence-electron chi connectivity index (χ3n) is 5.07. The van der Waals surface area contributed by atoms with Gasteiger partial charge >= 0.3 is 0 Å². The zero-order chi connectivity index (χ0) is 20.6. The van der Waals surface area contributed by atoms with Crippen molar-refractivity contribution in [1.29, 1.82) is 0 Å². The summed E-state index contributed by atoms with van der Waals surface area (Å²) in [4.78, 5) is 28.0. The quantitative estimate of drug-likeness (QED) is 0.684. The van der Waals surface area contributed by atoms with Gasteiger partial charge in [-0.25, -0.2) is 0 Å². The Hall–Kier alpha value is -2.03. The van der Waals surface area contributed by atoms with Gasteiger partial charge in [0.15, 0.2) is 5.69 Å². The topological polar surface area (TPSA) is 84.4 Å². The summed E-state index contributed by atoms with van der Waals surface area (Å²) in [6, 6.07) is 6.33. The average molecular weight is 437 g/mol. The summed E-state index contributed by atoms with van der Waals surface area (Å²) in [5.41, 5.74) is 0.908. The highest BCUT2D eigenvalue weighted by Crippen LogP contribution is 2.26. The van der Waals surface area contributed by atoms with Crippen molar-refractivity contribution >= 4 is 34.9 Å². The largest absolute Gasteiger partial charge is 0.383 e. The third-order valence-corrected chi connectivity index (χ3v) is 5.83. The predicted molar refractivity (Wildman–Crippen MR) is 112 cm³/mol. The molecule has 1 saturated carbocycles. The number of hydrogen-bond donors (Lipinski definition) is 1. The Balaban J connectivity index is 1.92. The first-order chi connectivity index (χ1) is 14.1. The van der Waals surface area contributed by atoms with E-state index in [2.05, 4.69) is 14.9 Å². The number of benzene rings is 1. The van der Waals surface area contributed by atoms with E-state index in [9.17, 15) is 9.59 Å². The van der Waals surface area contributed by atoms with Gasteiger partial charge in [-0.1, -0.05) is 47.5 Å². The highest BCUT2D eigenvalue weighted by atomic mass is 35.5. The zero-order valence-electron chi connectivity index (χ0n) is 16.3. The van der Waals surface area contributed by atoms with Crippen molar-refractivity contribution in [1.82, 2.24) is 19.8 Å². The molecule has 1 aromatic carbocycles. The molecule has 9 heteroatoms.